The summed E-state index contributed by atoms with van der Waals surface area (Å²) >= 11 is 0. The summed E-state index contributed by atoms with van der Waals surface area (Å²) in [6, 6.07) is 3.50. The molecule has 2 heterocycles. The van der Waals surface area contributed by atoms with Crippen molar-refractivity contribution >= 4 is 11.7 Å². The van der Waals surface area contributed by atoms with Crippen molar-refractivity contribution in [1.29, 1.82) is 0 Å². The van der Waals surface area contributed by atoms with Crippen LogP contribution < -0.4 is 4.74 Å². The molecule has 148 valence electrons. The summed E-state index contributed by atoms with van der Waals surface area (Å²) in [7, 11) is 0. The maximum absolute atomic E-state index is 14.5. The third-order valence-electron chi connectivity index (χ3n) is 4.75. The lowest BCUT2D eigenvalue weighted by Gasteiger charge is -2.45. The molecule has 0 spiro atoms. The zero-order chi connectivity index (χ0) is 19.8. The average Bonchev–Trinajstić information content (AvgIpc) is 2.51. The van der Waals surface area contributed by atoms with Gasteiger partial charge in [0.05, 0.1) is 11.6 Å². The van der Waals surface area contributed by atoms with Crippen molar-refractivity contribution in [2.24, 2.45) is 0 Å². The molecule has 3 rings (SSSR count). The summed E-state index contributed by atoms with van der Waals surface area (Å²) in [5.41, 5.74) is 0.0379. The second-order valence-electron chi connectivity index (χ2n) is 7.93. The first-order chi connectivity index (χ1) is 12.7. The zero-order valence-electron chi connectivity index (χ0n) is 15.7. The number of rotatable bonds is 3. The van der Waals surface area contributed by atoms with Crippen molar-refractivity contribution in [3.8, 4) is 5.75 Å². The normalized spacial score (nSPS) is 22.5. The van der Waals surface area contributed by atoms with Gasteiger partial charge in [-0.15, -0.1) is 0 Å². The Labute approximate surface area is 156 Å². The molecule has 0 aromatic heterocycles. The van der Waals surface area contributed by atoms with Crippen LogP contribution in [0.2, 0.25) is 0 Å². The lowest BCUT2D eigenvalue weighted by Crippen LogP contribution is -2.53. The molecule has 2 atom stereocenters. The Kier molecular flexibility index (Phi) is 5.40. The molecule has 0 aliphatic carbocycles. The fraction of sp³-hybridized carbons (Fsp3) is 0.550. The number of halogens is 3. The number of hydrogen-bond donors (Lipinski definition) is 0. The number of benzene rings is 1. The van der Waals surface area contributed by atoms with Gasteiger partial charge >= 0.3 is 12.7 Å². The molecular weight excluding hydrogens is 359 g/mol. The van der Waals surface area contributed by atoms with Gasteiger partial charge in [0.2, 0.25) is 0 Å². The minimum Gasteiger partial charge on any atom is -0.444 e. The Bertz CT molecular complexity index is 742. The molecular formula is C20H24F3NO3. The Morgan fingerprint density at radius 1 is 1.26 bits per heavy atom. The van der Waals surface area contributed by atoms with Gasteiger partial charge in [0.25, 0.3) is 0 Å². The van der Waals surface area contributed by atoms with Crippen LogP contribution in [-0.2, 0) is 4.74 Å². The molecule has 0 saturated carbocycles. The van der Waals surface area contributed by atoms with E-state index in [0.29, 0.717) is 12.0 Å². The Morgan fingerprint density at radius 3 is 2.63 bits per heavy atom. The summed E-state index contributed by atoms with van der Waals surface area (Å²) in [4.78, 5) is 14.3. The third kappa shape index (κ3) is 4.39. The molecule has 0 N–H and O–H groups in total. The molecule has 1 fully saturated rings. The monoisotopic (exact) mass is 383 g/mol. The second kappa shape index (κ2) is 7.44. The SMILES string of the molecule is CC(C)(C)OC(=O)N1C2C=C(c3c(F)cccc3OC(F)F)CC1CCC2. The van der Waals surface area contributed by atoms with Crippen LogP contribution in [0.1, 0.15) is 52.0 Å². The van der Waals surface area contributed by atoms with Gasteiger partial charge in [-0.05, 0) is 64.2 Å². The van der Waals surface area contributed by atoms with Crippen LogP contribution in [0.15, 0.2) is 24.3 Å². The quantitative estimate of drug-likeness (QED) is 0.704. The van der Waals surface area contributed by atoms with Crippen molar-refractivity contribution in [3.05, 3.63) is 35.7 Å². The number of carbonyl (C=O) groups excluding carboxylic acids is 1. The van der Waals surface area contributed by atoms with E-state index in [9.17, 15) is 18.0 Å². The minimum atomic E-state index is -3.03. The number of alkyl halides is 2. The van der Waals surface area contributed by atoms with E-state index in [0.717, 1.165) is 19.3 Å². The van der Waals surface area contributed by atoms with Crippen LogP contribution in [0, 0.1) is 5.82 Å². The highest BCUT2D eigenvalue weighted by Gasteiger charge is 2.40. The van der Waals surface area contributed by atoms with Crippen LogP contribution in [0.3, 0.4) is 0 Å². The molecule has 27 heavy (non-hydrogen) atoms. The van der Waals surface area contributed by atoms with Gasteiger partial charge in [0, 0.05) is 6.04 Å². The van der Waals surface area contributed by atoms with Crippen molar-refractivity contribution in [1.82, 2.24) is 4.90 Å². The van der Waals surface area contributed by atoms with Gasteiger partial charge in [-0.3, -0.25) is 4.90 Å². The first-order valence-electron chi connectivity index (χ1n) is 9.11. The molecule has 1 saturated heterocycles. The van der Waals surface area contributed by atoms with Gasteiger partial charge < -0.3 is 9.47 Å². The smallest absolute Gasteiger partial charge is 0.411 e. The molecule has 1 amide bonds. The topological polar surface area (TPSA) is 38.8 Å². The van der Waals surface area contributed by atoms with Gasteiger partial charge in [0.1, 0.15) is 17.2 Å². The Balaban J connectivity index is 1.94. The van der Waals surface area contributed by atoms with Gasteiger partial charge in [-0.1, -0.05) is 12.1 Å². The number of fused-ring (bicyclic) bond motifs is 2. The zero-order valence-corrected chi connectivity index (χ0v) is 15.7. The average molecular weight is 383 g/mol. The molecule has 1 aromatic carbocycles. The van der Waals surface area contributed by atoms with E-state index in [2.05, 4.69) is 4.74 Å². The molecule has 2 aliphatic rings. The standard InChI is InChI=1S/C20H24F3NO3/c1-20(2,3)27-19(25)24-13-6-4-7-14(24)11-12(10-13)17-15(21)8-5-9-16(17)26-18(22)23/h5,8-10,13-14,18H,4,6-7,11H2,1-3H3. The van der Waals surface area contributed by atoms with Gasteiger partial charge in [-0.25, -0.2) is 9.18 Å². The first kappa shape index (κ1) is 19.6. The summed E-state index contributed by atoms with van der Waals surface area (Å²) in [6.45, 7) is 2.38. The summed E-state index contributed by atoms with van der Waals surface area (Å²) < 4.78 is 49.9. The molecule has 2 bridgehead atoms. The lowest BCUT2D eigenvalue weighted by atomic mass is 9.82. The van der Waals surface area contributed by atoms with E-state index in [1.165, 1.54) is 18.2 Å². The number of carbonyl (C=O) groups is 1. The van der Waals surface area contributed by atoms with E-state index in [1.807, 2.05) is 0 Å². The molecule has 0 radical (unpaired) electrons. The van der Waals surface area contributed by atoms with E-state index in [-0.39, 0.29) is 23.4 Å². The molecule has 4 nitrogen and oxygen atoms in total. The van der Waals surface area contributed by atoms with Crippen molar-refractivity contribution in [3.63, 3.8) is 0 Å². The van der Waals surface area contributed by atoms with Crippen LogP contribution in [0.5, 0.6) is 5.75 Å². The molecule has 1 aromatic rings. The van der Waals surface area contributed by atoms with Crippen LogP contribution in [-0.4, -0.2) is 35.3 Å². The summed E-state index contributed by atoms with van der Waals surface area (Å²) in [5.74, 6) is -0.789. The second-order valence-corrected chi connectivity index (χ2v) is 7.93. The van der Waals surface area contributed by atoms with Crippen LogP contribution in [0.4, 0.5) is 18.0 Å². The van der Waals surface area contributed by atoms with Crippen LogP contribution in [0.25, 0.3) is 5.57 Å². The summed E-state index contributed by atoms with van der Waals surface area (Å²) in [5, 5.41) is 0. The molecule has 7 heteroatoms. The fourth-order valence-electron chi connectivity index (χ4n) is 3.82. The number of piperidine rings is 1. The van der Waals surface area contributed by atoms with Crippen molar-refractivity contribution < 1.29 is 27.4 Å². The van der Waals surface area contributed by atoms with E-state index >= 15 is 0 Å². The highest BCUT2D eigenvalue weighted by molar-refractivity contribution is 5.77. The minimum absolute atomic E-state index is 0.0542. The number of nitrogens with zero attached hydrogens (tertiary/aromatic N) is 1. The number of hydrogen-bond acceptors (Lipinski definition) is 3. The predicted molar refractivity (Wildman–Crippen MR) is 95.1 cm³/mol. The summed E-state index contributed by atoms with van der Waals surface area (Å²) in [6.07, 6.45) is 4.18. The Morgan fingerprint density at radius 2 is 2.00 bits per heavy atom. The van der Waals surface area contributed by atoms with Gasteiger partial charge in [0.15, 0.2) is 0 Å². The highest BCUT2D eigenvalue weighted by atomic mass is 19.3. The lowest BCUT2D eigenvalue weighted by molar-refractivity contribution is -0.0502. The van der Waals surface area contributed by atoms with Crippen molar-refractivity contribution in [2.45, 2.75) is 70.8 Å². The third-order valence-corrected chi connectivity index (χ3v) is 4.75. The first-order valence-corrected chi connectivity index (χ1v) is 9.11. The van der Waals surface area contributed by atoms with E-state index in [1.54, 1.807) is 31.7 Å². The van der Waals surface area contributed by atoms with E-state index < -0.39 is 24.1 Å². The maximum atomic E-state index is 14.5. The maximum Gasteiger partial charge on any atom is 0.411 e. The molecule has 2 aliphatic heterocycles. The van der Waals surface area contributed by atoms with Gasteiger partial charge in [-0.2, -0.15) is 8.78 Å². The fourth-order valence-corrected chi connectivity index (χ4v) is 3.82. The Hall–Kier alpha value is -2.18. The largest absolute Gasteiger partial charge is 0.444 e. The van der Waals surface area contributed by atoms with Crippen LogP contribution >= 0.6 is 0 Å². The number of amides is 1. The predicted octanol–water partition coefficient (Wildman–Crippen LogP) is 5.37. The van der Waals surface area contributed by atoms with Crippen molar-refractivity contribution in [2.75, 3.05) is 0 Å². The highest BCUT2D eigenvalue weighted by Crippen LogP contribution is 2.41. The van der Waals surface area contributed by atoms with E-state index in [4.69, 9.17) is 4.74 Å². The molecule has 2 unspecified atom stereocenters. The number of ether oxygens (including phenoxy) is 2.